The fourth-order valence-corrected chi connectivity index (χ4v) is 3.55. The van der Waals surface area contributed by atoms with E-state index in [4.69, 9.17) is 0 Å². The fraction of sp³-hybridized carbons (Fsp3) is 0.200. The number of thiazole rings is 1. The number of aryl methyl sites for hydroxylation is 2. The highest BCUT2D eigenvalue weighted by molar-refractivity contribution is 7.14. The lowest BCUT2D eigenvalue weighted by Gasteiger charge is -2.13. The minimum absolute atomic E-state index is 0.0411. The van der Waals surface area contributed by atoms with Gasteiger partial charge in [-0.1, -0.05) is 6.07 Å². The van der Waals surface area contributed by atoms with E-state index in [1.165, 1.54) is 28.5 Å². The highest BCUT2D eigenvalue weighted by Gasteiger charge is 2.16. The third kappa shape index (κ3) is 3.37. The average molecular weight is 372 g/mol. The van der Waals surface area contributed by atoms with Gasteiger partial charge in [0.15, 0.2) is 16.8 Å². The molecule has 1 aromatic heterocycles. The van der Waals surface area contributed by atoms with E-state index >= 15 is 0 Å². The molecule has 6 heteroatoms. The van der Waals surface area contributed by atoms with Crippen molar-refractivity contribution in [2.45, 2.75) is 27.7 Å². The summed E-state index contributed by atoms with van der Waals surface area (Å²) in [5.74, 6) is -2.57. The lowest BCUT2D eigenvalue weighted by Crippen LogP contribution is -2.12. The number of carbonyl (C=O) groups excluding carboxylic acids is 1. The van der Waals surface area contributed by atoms with Crippen LogP contribution >= 0.6 is 11.3 Å². The van der Waals surface area contributed by atoms with Crippen molar-refractivity contribution in [3.05, 3.63) is 69.1 Å². The zero-order chi connectivity index (χ0) is 19.0. The maximum absolute atomic E-state index is 13.3. The third-order valence-corrected chi connectivity index (χ3v) is 5.29. The summed E-state index contributed by atoms with van der Waals surface area (Å²) in [5, 5.41) is 4.94. The van der Waals surface area contributed by atoms with Gasteiger partial charge in [0, 0.05) is 16.5 Å². The van der Waals surface area contributed by atoms with E-state index in [1.54, 1.807) is 0 Å². The van der Waals surface area contributed by atoms with E-state index in [-0.39, 0.29) is 5.56 Å². The quantitative estimate of drug-likeness (QED) is 0.653. The summed E-state index contributed by atoms with van der Waals surface area (Å²) >= 11 is 1.29. The van der Waals surface area contributed by atoms with Crippen molar-refractivity contribution in [3.8, 4) is 11.3 Å². The monoisotopic (exact) mass is 372 g/mol. The Morgan fingerprint density at radius 1 is 1.00 bits per heavy atom. The van der Waals surface area contributed by atoms with Crippen LogP contribution in [0, 0.1) is 39.3 Å². The summed E-state index contributed by atoms with van der Waals surface area (Å²) in [6.07, 6.45) is 0. The molecule has 1 N–H and O–H groups in total. The first kappa shape index (κ1) is 18.2. The van der Waals surface area contributed by atoms with Crippen LogP contribution in [0.15, 0.2) is 29.6 Å². The molecule has 0 bridgehead atoms. The first-order valence-electron chi connectivity index (χ1n) is 8.07. The molecule has 0 fully saturated rings. The van der Waals surface area contributed by atoms with Crippen molar-refractivity contribution >= 4 is 22.4 Å². The number of benzene rings is 2. The molecule has 0 saturated carbocycles. The van der Waals surface area contributed by atoms with Gasteiger partial charge < -0.3 is 0 Å². The molecule has 0 aliphatic rings. The average Bonchev–Trinajstić information content (AvgIpc) is 3.04. The van der Waals surface area contributed by atoms with E-state index in [0.29, 0.717) is 5.13 Å². The van der Waals surface area contributed by atoms with Gasteiger partial charge in [0.1, 0.15) is 0 Å². The summed E-state index contributed by atoms with van der Waals surface area (Å²) < 4.78 is 26.3. The van der Waals surface area contributed by atoms with Crippen LogP contribution in [0.5, 0.6) is 0 Å². The van der Waals surface area contributed by atoms with Crippen LogP contribution in [-0.2, 0) is 0 Å². The Hall–Kier alpha value is -2.60. The molecule has 0 aliphatic heterocycles. The van der Waals surface area contributed by atoms with Gasteiger partial charge in [-0.3, -0.25) is 10.1 Å². The molecule has 3 aromatic rings. The lowest BCUT2D eigenvalue weighted by atomic mass is 9.93. The van der Waals surface area contributed by atoms with Crippen LogP contribution in [0.4, 0.5) is 13.9 Å². The number of hydrogen-bond donors (Lipinski definition) is 1. The number of aromatic nitrogens is 1. The molecule has 134 valence electrons. The van der Waals surface area contributed by atoms with Crippen molar-refractivity contribution in [3.63, 3.8) is 0 Å². The van der Waals surface area contributed by atoms with Gasteiger partial charge in [0.2, 0.25) is 0 Å². The van der Waals surface area contributed by atoms with Gasteiger partial charge in [-0.15, -0.1) is 11.3 Å². The number of anilines is 1. The Balaban J connectivity index is 1.89. The SMILES string of the molecule is Cc1cc(C)c(C)c(-c2csc(NC(=O)c3ccc(F)c(F)c3)n2)c1C. The van der Waals surface area contributed by atoms with Gasteiger partial charge in [-0.05, 0) is 68.1 Å². The molecule has 3 nitrogen and oxygen atoms in total. The number of rotatable bonds is 3. The van der Waals surface area contributed by atoms with Crippen LogP contribution in [0.25, 0.3) is 11.3 Å². The molecule has 1 amide bonds. The first-order chi connectivity index (χ1) is 12.3. The molecule has 0 radical (unpaired) electrons. The molecular formula is C20H18F2N2OS. The third-order valence-electron chi connectivity index (χ3n) is 4.53. The van der Waals surface area contributed by atoms with Crippen LogP contribution in [0.1, 0.15) is 32.6 Å². The molecule has 1 heterocycles. The van der Waals surface area contributed by atoms with Gasteiger partial charge in [0.25, 0.3) is 5.91 Å². The summed E-state index contributed by atoms with van der Waals surface area (Å²) in [6, 6.07) is 5.18. The molecule has 0 spiro atoms. The topological polar surface area (TPSA) is 42.0 Å². The number of amides is 1. The molecule has 0 atom stereocenters. The summed E-state index contributed by atoms with van der Waals surface area (Å²) in [5.41, 5.74) is 6.56. The van der Waals surface area contributed by atoms with Crippen molar-refractivity contribution in [1.82, 2.24) is 4.98 Å². The minimum Gasteiger partial charge on any atom is -0.298 e. The predicted octanol–water partition coefficient (Wildman–Crippen LogP) is 5.57. The van der Waals surface area contributed by atoms with Crippen LogP contribution in [0.3, 0.4) is 0 Å². The molecule has 0 saturated heterocycles. The van der Waals surface area contributed by atoms with Gasteiger partial charge in [0.05, 0.1) is 5.69 Å². The number of nitrogens with one attached hydrogen (secondary N) is 1. The number of nitrogens with zero attached hydrogens (tertiary/aromatic N) is 1. The fourth-order valence-electron chi connectivity index (χ4n) is 2.85. The van der Waals surface area contributed by atoms with E-state index in [1.807, 2.05) is 5.38 Å². The van der Waals surface area contributed by atoms with E-state index in [2.05, 4.69) is 44.1 Å². The van der Waals surface area contributed by atoms with Crippen LogP contribution < -0.4 is 5.32 Å². The largest absolute Gasteiger partial charge is 0.298 e. The molecule has 2 aromatic carbocycles. The second-order valence-electron chi connectivity index (χ2n) is 6.26. The van der Waals surface area contributed by atoms with E-state index in [9.17, 15) is 13.6 Å². The highest BCUT2D eigenvalue weighted by Crippen LogP contribution is 2.33. The van der Waals surface area contributed by atoms with Crippen molar-refractivity contribution < 1.29 is 13.6 Å². The number of halogens is 2. The Morgan fingerprint density at radius 2 is 1.65 bits per heavy atom. The molecule has 3 rings (SSSR count). The molecule has 26 heavy (non-hydrogen) atoms. The smallest absolute Gasteiger partial charge is 0.257 e. The lowest BCUT2D eigenvalue weighted by molar-refractivity contribution is 0.102. The highest BCUT2D eigenvalue weighted by atomic mass is 32.1. The molecular weight excluding hydrogens is 354 g/mol. The summed E-state index contributed by atoms with van der Waals surface area (Å²) in [4.78, 5) is 16.7. The Morgan fingerprint density at radius 3 is 2.27 bits per heavy atom. The summed E-state index contributed by atoms with van der Waals surface area (Å²) in [6.45, 7) is 8.22. The Bertz CT molecular complexity index is 985. The van der Waals surface area contributed by atoms with Crippen LogP contribution in [0.2, 0.25) is 0 Å². The van der Waals surface area contributed by atoms with Crippen molar-refractivity contribution in [1.29, 1.82) is 0 Å². The van der Waals surface area contributed by atoms with Crippen molar-refractivity contribution in [2.24, 2.45) is 0 Å². The molecule has 0 aliphatic carbocycles. The summed E-state index contributed by atoms with van der Waals surface area (Å²) in [7, 11) is 0. The second-order valence-corrected chi connectivity index (χ2v) is 7.11. The standard InChI is InChI=1S/C20H18F2N2OS/c1-10-7-11(2)13(4)18(12(10)3)17-9-26-20(23-17)24-19(25)14-5-6-15(21)16(22)8-14/h5-9H,1-4H3,(H,23,24,25). The van der Waals surface area contributed by atoms with Gasteiger partial charge in [-0.2, -0.15) is 0 Å². The van der Waals surface area contributed by atoms with Gasteiger partial charge in [-0.25, -0.2) is 13.8 Å². The predicted molar refractivity (Wildman–Crippen MR) is 101 cm³/mol. The second kappa shape index (κ2) is 6.96. The maximum Gasteiger partial charge on any atom is 0.257 e. The van der Waals surface area contributed by atoms with Crippen molar-refractivity contribution in [2.75, 3.05) is 5.32 Å². The maximum atomic E-state index is 13.3. The normalized spacial score (nSPS) is 10.8. The number of carbonyl (C=O) groups is 1. The number of hydrogen-bond acceptors (Lipinski definition) is 3. The zero-order valence-electron chi connectivity index (χ0n) is 14.9. The Kier molecular flexibility index (Phi) is 4.87. The zero-order valence-corrected chi connectivity index (χ0v) is 15.7. The van der Waals surface area contributed by atoms with Crippen LogP contribution in [-0.4, -0.2) is 10.9 Å². The molecule has 0 unspecified atom stereocenters. The Labute approximate surface area is 154 Å². The van der Waals surface area contributed by atoms with E-state index in [0.717, 1.165) is 34.5 Å². The van der Waals surface area contributed by atoms with Gasteiger partial charge >= 0.3 is 0 Å². The first-order valence-corrected chi connectivity index (χ1v) is 8.95. The minimum atomic E-state index is -1.06. The van der Waals surface area contributed by atoms with E-state index < -0.39 is 17.5 Å².